The van der Waals surface area contributed by atoms with Gasteiger partial charge in [0.05, 0.1) is 5.52 Å². The number of H-pyrrole nitrogens is 1. The lowest BCUT2D eigenvalue weighted by atomic mass is 10.0. The highest BCUT2D eigenvalue weighted by atomic mass is 14.7. The first-order valence-electron chi connectivity index (χ1n) is 5.07. The molecule has 2 aromatic rings. The van der Waals surface area contributed by atoms with Gasteiger partial charge in [-0.3, -0.25) is 0 Å². The third-order valence-electron chi connectivity index (χ3n) is 2.67. The fraction of sp³-hybridized carbons (Fsp3) is 0. The molecular formula is C14H11N. The quantitative estimate of drug-likeness (QED) is 0.655. The van der Waals surface area contributed by atoms with Crippen LogP contribution in [0.1, 0.15) is 11.1 Å². The molecule has 0 saturated carbocycles. The molecule has 1 heteroatoms. The number of aromatic amines is 1. The molecule has 0 bridgehead atoms. The van der Waals surface area contributed by atoms with E-state index in [1.165, 1.54) is 22.0 Å². The number of allylic oxidation sites excluding steroid dienone is 4. The molecule has 0 fully saturated rings. The van der Waals surface area contributed by atoms with Gasteiger partial charge >= 0.3 is 0 Å². The van der Waals surface area contributed by atoms with Crippen LogP contribution in [0.15, 0.2) is 48.7 Å². The van der Waals surface area contributed by atoms with Crippen LogP contribution in [0.25, 0.3) is 23.1 Å². The number of fused-ring (bicyclic) bond motifs is 3. The SMILES string of the molecule is C1=CC=Cc2c(ccc3cc[nH]c23)C=C1. The van der Waals surface area contributed by atoms with Gasteiger partial charge in [0.15, 0.2) is 0 Å². The Balaban J connectivity index is 2.37. The van der Waals surface area contributed by atoms with Crippen LogP contribution in [0.3, 0.4) is 0 Å². The van der Waals surface area contributed by atoms with Crippen LogP contribution in [-0.2, 0) is 0 Å². The maximum atomic E-state index is 3.29. The summed E-state index contributed by atoms with van der Waals surface area (Å²) < 4.78 is 0. The highest BCUT2D eigenvalue weighted by molar-refractivity contribution is 5.92. The largest absolute Gasteiger partial charge is 0.361 e. The maximum Gasteiger partial charge on any atom is 0.0533 e. The van der Waals surface area contributed by atoms with Crippen LogP contribution in [0.2, 0.25) is 0 Å². The smallest absolute Gasteiger partial charge is 0.0533 e. The van der Waals surface area contributed by atoms with E-state index in [4.69, 9.17) is 0 Å². The summed E-state index contributed by atoms with van der Waals surface area (Å²) in [6, 6.07) is 6.40. The lowest BCUT2D eigenvalue weighted by Crippen LogP contribution is -1.84. The molecule has 0 aliphatic heterocycles. The van der Waals surface area contributed by atoms with Gasteiger partial charge in [-0.2, -0.15) is 0 Å². The van der Waals surface area contributed by atoms with Gasteiger partial charge in [-0.25, -0.2) is 0 Å². The molecule has 1 aromatic heterocycles. The van der Waals surface area contributed by atoms with Gasteiger partial charge in [0, 0.05) is 17.1 Å². The Labute approximate surface area is 88.4 Å². The number of rotatable bonds is 0. The topological polar surface area (TPSA) is 15.8 Å². The molecule has 15 heavy (non-hydrogen) atoms. The Kier molecular flexibility index (Phi) is 1.82. The normalized spacial score (nSPS) is 13.9. The number of benzene rings is 1. The lowest BCUT2D eigenvalue weighted by molar-refractivity contribution is 1.46. The van der Waals surface area contributed by atoms with E-state index in [-0.39, 0.29) is 0 Å². The van der Waals surface area contributed by atoms with Crippen molar-refractivity contribution in [1.82, 2.24) is 4.98 Å². The van der Waals surface area contributed by atoms with E-state index in [0.29, 0.717) is 0 Å². The van der Waals surface area contributed by atoms with Gasteiger partial charge < -0.3 is 4.98 Å². The van der Waals surface area contributed by atoms with E-state index in [1.54, 1.807) is 0 Å². The Hall–Kier alpha value is -2.02. The van der Waals surface area contributed by atoms with Crippen LogP contribution < -0.4 is 0 Å². The van der Waals surface area contributed by atoms with Crippen LogP contribution in [0, 0.1) is 0 Å². The zero-order valence-corrected chi connectivity index (χ0v) is 8.27. The van der Waals surface area contributed by atoms with E-state index in [9.17, 15) is 0 Å². The minimum absolute atomic E-state index is 1.21. The molecule has 0 spiro atoms. The zero-order chi connectivity index (χ0) is 10.1. The summed E-state index contributed by atoms with van der Waals surface area (Å²) in [4.78, 5) is 3.29. The standard InChI is InChI=1S/C14H11N/c1-2-4-6-13-11(5-3-1)7-8-12-9-10-15-14(12)13/h1-10,15H. The van der Waals surface area contributed by atoms with Gasteiger partial charge in [0.2, 0.25) is 0 Å². The Morgan fingerprint density at radius 3 is 2.60 bits per heavy atom. The molecule has 1 aromatic carbocycles. The van der Waals surface area contributed by atoms with Crippen LogP contribution in [-0.4, -0.2) is 4.98 Å². The number of nitrogens with one attached hydrogen (secondary N) is 1. The monoisotopic (exact) mass is 193 g/mol. The third kappa shape index (κ3) is 1.33. The Morgan fingerprint density at radius 2 is 1.67 bits per heavy atom. The average Bonchev–Trinajstić information content (AvgIpc) is 2.65. The van der Waals surface area contributed by atoms with Crippen molar-refractivity contribution in [3.8, 4) is 0 Å². The molecule has 0 atom stereocenters. The molecule has 0 amide bonds. The van der Waals surface area contributed by atoms with Gasteiger partial charge in [-0.05, 0) is 11.6 Å². The van der Waals surface area contributed by atoms with E-state index < -0.39 is 0 Å². The van der Waals surface area contributed by atoms with Gasteiger partial charge in [0.1, 0.15) is 0 Å². The van der Waals surface area contributed by atoms with Crippen LogP contribution in [0.5, 0.6) is 0 Å². The first kappa shape index (κ1) is 8.30. The van der Waals surface area contributed by atoms with Crippen LogP contribution in [0.4, 0.5) is 0 Å². The Morgan fingerprint density at radius 1 is 0.800 bits per heavy atom. The summed E-state index contributed by atoms with van der Waals surface area (Å²) in [6.07, 6.45) is 14.5. The predicted molar refractivity (Wildman–Crippen MR) is 65.5 cm³/mol. The minimum Gasteiger partial charge on any atom is -0.361 e. The number of hydrogen-bond donors (Lipinski definition) is 1. The molecule has 1 aliphatic carbocycles. The van der Waals surface area contributed by atoms with Crippen molar-refractivity contribution in [2.24, 2.45) is 0 Å². The van der Waals surface area contributed by atoms with E-state index in [0.717, 1.165) is 0 Å². The first-order valence-corrected chi connectivity index (χ1v) is 5.07. The third-order valence-corrected chi connectivity index (χ3v) is 2.67. The molecule has 1 heterocycles. The van der Waals surface area contributed by atoms with Crippen molar-refractivity contribution in [2.75, 3.05) is 0 Å². The molecule has 3 rings (SSSR count). The molecular weight excluding hydrogens is 182 g/mol. The molecule has 1 aliphatic rings. The second kappa shape index (κ2) is 3.28. The van der Waals surface area contributed by atoms with Crippen molar-refractivity contribution < 1.29 is 0 Å². The zero-order valence-electron chi connectivity index (χ0n) is 8.27. The van der Waals surface area contributed by atoms with Gasteiger partial charge in [-0.15, -0.1) is 0 Å². The summed E-state index contributed by atoms with van der Waals surface area (Å²) in [5.74, 6) is 0. The number of aromatic nitrogens is 1. The van der Waals surface area contributed by atoms with Crippen molar-refractivity contribution in [1.29, 1.82) is 0 Å². The molecule has 72 valence electrons. The average molecular weight is 193 g/mol. The predicted octanol–water partition coefficient (Wildman–Crippen LogP) is 3.76. The van der Waals surface area contributed by atoms with Gasteiger partial charge in [-0.1, -0.05) is 48.6 Å². The molecule has 0 radical (unpaired) electrons. The summed E-state index contributed by atoms with van der Waals surface area (Å²) in [5, 5.41) is 1.26. The molecule has 1 nitrogen and oxygen atoms in total. The second-order valence-electron chi connectivity index (χ2n) is 3.61. The van der Waals surface area contributed by atoms with Crippen LogP contribution >= 0.6 is 0 Å². The lowest BCUT2D eigenvalue weighted by Gasteiger charge is -2.04. The number of hydrogen-bond acceptors (Lipinski definition) is 0. The van der Waals surface area contributed by atoms with Crippen molar-refractivity contribution in [2.45, 2.75) is 0 Å². The van der Waals surface area contributed by atoms with E-state index in [2.05, 4.69) is 47.5 Å². The Bertz CT molecular complexity index is 582. The summed E-state index contributed by atoms with van der Waals surface area (Å²) in [6.45, 7) is 0. The van der Waals surface area contributed by atoms with Crippen molar-refractivity contribution in [3.05, 3.63) is 59.8 Å². The molecule has 1 N–H and O–H groups in total. The van der Waals surface area contributed by atoms with Crippen molar-refractivity contribution >= 4 is 23.1 Å². The summed E-state index contributed by atoms with van der Waals surface area (Å²) in [7, 11) is 0. The van der Waals surface area contributed by atoms with E-state index >= 15 is 0 Å². The summed E-state index contributed by atoms with van der Waals surface area (Å²) in [5.41, 5.74) is 3.73. The highest BCUT2D eigenvalue weighted by Crippen LogP contribution is 2.24. The van der Waals surface area contributed by atoms with E-state index in [1.807, 2.05) is 18.3 Å². The minimum atomic E-state index is 1.21. The molecule has 0 unspecified atom stereocenters. The highest BCUT2D eigenvalue weighted by Gasteiger charge is 2.03. The first-order chi connectivity index (χ1) is 7.45. The summed E-state index contributed by atoms with van der Waals surface area (Å²) >= 11 is 0. The molecule has 0 saturated heterocycles. The fourth-order valence-corrected chi connectivity index (χ4v) is 1.93. The maximum absolute atomic E-state index is 3.29. The van der Waals surface area contributed by atoms with Gasteiger partial charge in [0.25, 0.3) is 0 Å². The fourth-order valence-electron chi connectivity index (χ4n) is 1.93. The van der Waals surface area contributed by atoms with Crippen molar-refractivity contribution in [3.63, 3.8) is 0 Å². The second-order valence-corrected chi connectivity index (χ2v) is 3.61.